The molecule has 0 spiro atoms. The molecule has 0 saturated carbocycles. The molecule has 1 amide bonds. The van der Waals surface area contributed by atoms with Gasteiger partial charge in [0.05, 0.1) is 0 Å². The van der Waals surface area contributed by atoms with Gasteiger partial charge in [-0.15, -0.1) is 6.58 Å². The standard InChI is InChI=1S/C12H21NOS2/c1-2-3-9-13-12(14)7-5-4-6-11-8-10-15-16-11/h2,11H,1,3-10H2,(H,13,14). The first-order valence-electron chi connectivity index (χ1n) is 5.99. The lowest BCUT2D eigenvalue weighted by Gasteiger charge is -2.07. The van der Waals surface area contributed by atoms with E-state index in [-0.39, 0.29) is 5.91 Å². The summed E-state index contributed by atoms with van der Waals surface area (Å²) in [6.45, 7) is 4.36. The highest BCUT2D eigenvalue weighted by Crippen LogP contribution is 2.39. The molecule has 1 fully saturated rings. The first-order chi connectivity index (χ1) is 7.83. The topological polar surface area (TPSA) is 29.1 Å². The van der Waals surface area contributed by atoms with Crippen molar-refractivity contribution >= 4 is 27.5 Å². The number of amides is 1. The van der Waals surface area contributed by atoms with Crippen molar-refractivity contribution in [2.75, 3.05) is 12.3 Å². The number of hydrogen-bond acceptors (Lipinski definition) is 3. The predicted molar refractivity (Wildman–Crippen MR) is 74.7 cm³/mol. The predicted octanol–water partition coefficient (Wildman–Crippen LogP) is 3.39. The van der Waals surface area contributed by atoms with E-state index in [2.05, 4.69) is 11.9 Å². The van der Waals surface area contributed by atoms with Gasteiger partial charge in [-0.05, 0) is 25.7 Å². The summed E-state index contributed by atoms with van der Waals surface area (Å²) < 4.78 is 0. The molecule has 4 heteroatoms. The Morgan fingerprint density at radius 3 is 3.06 bits per heavy atom. The summed E-state index contributed by atoms with van der Waals surface area (Å²) in [5.74, 6) is 1.49. The lowest BCUT2D eigenvalue weighted by Crippen LogP contribution is -2.23. The smallest absolute Gasteiger partial charge is 0.220 e. The van der Waals surface area contributed by atoms with Crippen LogP contribution in [0.25, 0.3) is 0 Å². The van der Waals surface area contributed by atoms with Crippen molar-refractivity contribution in [3.8, 4) is 0 Å². The lowest BCUT2D eigenvalue weighted by atomic mass is 10.1. The molecular weight excluding hydrogens is 238 g/mol. The molecule has 16 heavy (non-hydrogen) atoms. The average molecular weight is 259 g/mol. The molecule has 1 aliphatic rings. The highest BCUT2D eigenvalue weighted by Gasteiger charge is 2.15. The van der Waals surface area contributed by atoms with Gasteiger partial charge in [0.25, 0.3) is 0 Å². The summed E-state index contributed by atoms with van der Waals surface area (Å²) in [5.41, 5.74) is 0. The van der Waals surface area contributed by atoms with Crippen LogP contribution in [-0.2, 0) is 4.79 Å². The van der Waals surface area contributed by atoms with Gasteiger partial charge in [0, 0.05) is 24.0 Å². The van der Waals surface area contributed by atoms with Crippen molar-refractivity contribution in [3.63, 3.8) is 0 Å². The molecule has 0 aromatic rings. The van der Waals surface area contributed by atoms with Crippen molar-refractivity contribution in [2.45, 2.75) is 43.8 Å². The summed E-state index contributed by atoms with van der Waals surface area (Å²) in [6, 6.07) is 0. The second kappa shape index (κ2) is 8.99. The molecule has 0 radical (unpaired) electrons. The van der Waals surface area contributed by atoms with E-state index in [9.17, 15) is 4.79 Å². The average Bonchev–Trinajstić information content (AvgIpc) is 2.78. The Balaban J connectivity index is 1.89. The first kappa shape index (κ1) is 14.0. The van der Waals surface area contributed by atoms with Crippen LogP contribution >= 0.6 is 21.6 Å². The van der Waals surface area contributed by atoms with Gasteiger partial charge in [0.1, 0.15) is 0 Å². The minimum atomic E-state index is 0.190. The number of carbonyl (C=O) groups excluding carboxylic acids is 1. The van der Waals surface area contributed by atoms with Crippen LogP contribution < -0.4 is 5.32 Å². The van der Waals surface area contributed by atoms with E-state index in [1.807, 2.05) is 27.7 Å². The fraction of sp³-hybridized carbons (Fsp3) is 0.750. The molecule has 1 unspecified atom stereocenters. The Hall–Kier alpha value is -0.0900. The van der Waals surface area contributed by atoms with Gasteiger partial charge in [0.15, 0.2) is 0 Å². The number of rotatable bonds is 8. The van der Waals surface area contributed by atoms with Crippen molar-refractivity contribution in [3.05, 3.63) is 12.7 Å². The second-order valence-electron chi connectivity index (χ2n) is 4.00. The Morgan fingerprint density at radius 2 is 2.38 bits per heavy atom. The number of unbranched alkanes of at least 4 members (excludes halogenated alkanes) is 1. The van der Waals surface area contributed by atoms with Crippen molar-refractivity contribution < 1.29 is 4.79 Å². The maximum atomic E-state index is 11.4. The van der Waals surface area contributed by atoms with Gasteiger partial charge >= 0.3 is 0 Å². The van der Waals surface area contributed by atoms with Gasteiger partial charge < -0.3 is 5.32 Å². The largest absolute Gasteiger partial charge is 0.356 e. The molecule has 0 aromatic heterocycles. The third-order valence-corrected chi connectivity index (χ3v) is 5.58. The van der Waals surface area contributed by atoms with Crippen molar-refractivity contribution in [1.82, 2.24) is 5.32 Å². The minimum absolute atomic E-state index is 0.190. The van der Waals surface area contributed by atoms with Gasteiger partial charge in [-0.3, -0.25) is 4.79 Å². The van der Waals surface area contributed by atoms with Crippen LogP contribution in [0.3, 0.4) is 0 Å². The monoisotopic (exact) mass is 259 g/mol. The van der Waals surface area contributed by atoms with Crippen molar-refractivity contribution in [2.24, 2.45) is 0 Å². The van der Waals surface area contributed by atoms with E-state index in [0.29, 0.717) is 6.42 Å². The van der Waals surface area contributed by atoms with Gasteiger partial charge in [0.2, 0.25) is 5.91 Å². The molecule has 0 aliphatic carbocycles. The third kappa shape index (κ3) is 6.48. The number of hydrogen-bond donors (Lipinski definition) is 1. The van der Waals surface area contributed by atoms with Crippen LogP contribution in [0.5, 0.6) is 0 Å². The number of nitrogens with one attached hydrogen (secondary N) is 1. The van der Waals surface area contributed by atoms with Crippen LogP contribution in [0.1, 0.15) is 38.5 Å². The van der Waals surface area contributed by atoms with Crippen LogP contribution in [0.15, 0.2) is 12.7 Å². The molecule has 1 N–H and O–H groups in total. The first-order valence-corrected chi connectivity index (χ1v) is 8.37. The zero-order chi connectivity index (χ0) is 11.6. The second-order valence-corrected chi connectivity index (χ2v) is 6.79. The quantitative estimate of drug-likeness (QED) is 0.411. The maximum Gasteiger partial charge on any atom is 0.220 e. The highest BCUT2D eigenvalue weighted by atomic mass is 33.1. The van der Waals surface area contributed by atoms with Crippen LogP contribution in [0, 0.1) is 0 Å². The Labute approximate surface area is 106 Å². The van der Waals surface area contributed by atoms with Gasteiger partial charge in [-0.25, -0.2) is 0 Å². The van der Waals surface area contributed by atoms with E-state index < -0.39 is 0 Å². The summed E-state index contributed by atoms with van der Waals surface area (Å²) in [7, 11) is 4.01. The van der Waals surface area contributed by atoms with Gasteiger partial charge in [-0.1, -0.05) is 34.1 Å². The van der Waals surface area contributed by atoms with Crippen LogP contribution in [0.2, 0.25) is 0 Å². The minimum Gasteiger partial charge on any atom is -0.356 e. The Kier molecular flexibility index (Phi) is 7.85. The fourth-order valence-corrected chi connectivity index (χ4v) is 4.65. The molecule has 2 nitrogen and oxygen atoms in total. The van der Waals surface area contributed by atoms with E-state index >= 15 is 0 Å². The molecule has 1 atom stereocenters. The van der Waals surface area contributed by atoms with Crippen LogP contribution in [0.4, 0.5) is 0 Å². The van der Waals surface area contributed by atoms with E-state index in [0.717, 1.165) is 24.6 Å². The molecular formula is C12H21NOS2. The Morgan fingerprint density at radius 1 is 1.50 bits per heavy atom. The fourth-order valence-electron chi connectivity index (χ4n) is 1.62. The van der Waals surface area contributed by atoms with Gasteiger partial charge in [-0.2, -0.15) is 0 Å². The van der Waals surface area contributed by atoms with E-state index in [4.69, 9.17) is 0 Å². The van der Waals surface area contributed by atoms with Crippen LogP contribution in [-0.4, -0.2) is 23.5 Å². The molecule has 1 rings (SSSR count). The zero-order valence-electron chi connectivity index (χ0n) is 9.74. The van der Waals surface area contributed by atoms with E-state index in [1.165, 1.54) is 25.0 Å². The lowest BCUT2D eigenvalue weighted by molar-refractivity contribution is -0.121. The molecule has 1 aliphatic heterocycles. The molecule has 92 valence electrons. The summed E-state index contributed by atoms with van der Waals surface area (Å²) in [5, 5.41) is 3.73. The summed E-state index contributed by atoms with van der Waals surface area (Å²) in [6.07, 6.45) is 8.21. The molecule has 1 heterocycles. The SMILES string of the molecule is C=CCCNC(=O)CCCCC1CCSS1. The summed E-state index contributed by atoms with van der Waals surface area (Å²) in [4.78, 5) is 11.4. The highest BCUT2D eigenvalue weighted by molar-refractivity contribution is 8.77. The Bertz CT molecular complexity index is 215. The third-order valence-electron chi connectivity index (χ3n) is 2.58. The zero-order valence-corrected chi connectivity index (χ0v) is 11.4. The number of carbonyl (C=O) groups is 1. The van der Waals surface area contributed by atoms with Crippen molar-refractivity contribution in [1.29, 1.82) is 0 Å². The molecule has 0 aromatic carbocycles. The maximum absolute atomic E-state index is 11.4. The summed E-state index contributed by atoms with van der Waals surface area (Å²) >= 11 is 0. The van der Waals surface area contributed by atoms with E-state index in [1.54, 1.807) is 0 Å². The molecule has 0 bridgehead atoms. The normalized spacial score (nSPS) is 19.6. The molecule has 1 saturated heterocycles.